The summed E-state index contributed by atoms with van der Waals surface area (Å²) in [5.74, 6) is 1.11. The van der Waals surface area contributed by atoms with Gasteiger partial charge in [-0.2, -0.15) is 0 Å². The molecule has 0 aromatic heterocycles. The fraction of sp³-hybridized carbons (Fsp3) is 0.538. The second-order valence-electron chi connectivity index (χ2n) is 4.49. The van der Waals surface area contributed by atoms with Crippen molar-refractivity contribution in [3.63, 3.8) is 0 Å². The Hall–Kier alpha value is -1.02. The number of hydrogen-bond donors (Lipinski definition) is 2. The summed E-state index contributed by atoms with van der Waals surface area (Å²) in [6.07, 6.45) is 1.17. The zero-order valence-electron chi connectivity index (χ0n) is 9.88. The van der Waals surface area contributed by atoms with Gasteiger partial charge in [0.25, 0.3) is 0 Å². The lowest BCUT2D eigenvalue weighted by Gasteiger charge is -2.09. The Labute approximate surface area is 92.3 Å². The van der Waals surface area contributed by atoms with Crippen LogP contribution in [0.4, 0.5) is 0 Å². The smallest absolute Gasteiger partial charge is 0.120 e. The van der Waals surface area contributed by atoms with Gasteiger partial charge in [-0.1, -0.05) is 31.5 Å². The molecule has 0 amide bonds. The Morgan fingerprint density at radius 2 is 2.07 bits per heavy atom. The molecular weight excluding hydrogens is 186 g/mol. The third-order valence-electron chi connectivity index (χ3n) is 2.45. The van der Waals surface area contributed by atoms with Crippen LogP contribution in [0.5, 0.6) is 5.75 Å². The lowest BCUT2D eigenvalue weighted by atomic mass is 10.1. The fourth-order valence-electron chi connectivity index (χ4n) is 1.47. The van der Waals surface area contributed by atoms with E-state index in [1.807, 2.05) is 19.1 Å². The molecule has 2 N–H and O–H groups in total. The van der Waals surface area contributed by atoms with E-state index in [0.717, 1.165) is 24.6 Å². The molecule has 0 unspecified atom stereocenters. The van der Waals surface area contributed by atoms with Gasteiger partial charge in [0.1, 0.15) is 5.75 Å². The number of rotatable bonds is 5. The molecule has 0 saturated heterocycles. The molecule has 1 aromatic rings. The molecule has 84 valence electrons. The van der Waals surface area contributed by atoms with Gasteiger partial charge in [-0.25, -0.2) is 0 Å². The summed E-state index contributed by atoms with van der Waals surface area (Å²) in [5, 5.41) is 12.9. The number of phenols is 1. The molecule has 0 radical (unpaired) electrons. The topological polar surface area (TPSA) is 32.3 Å². The molecule has 2 nitrogen and oxygen atoms in total. The highest BCUT2D eigenvalue weighted by atomic mass is 16.3. The summed E-state index contributed by atoms with van der Waals surface area (Å²) in [6.45, 7) is 8.22. The van der Waals surface area contributed by atoms with E-state index in [1.54, 1.807) is 6.07 Å². The minimum atomic E-state index is 0.387. The predicted octanol–water partition coefficient (Wildman–Crippen LogP) is 2.84. The van der Waals surface area contributed by atoms with Crippen molar-refractivity contribution < 1.29 is 5.11 Å². The summed E-state index contributed by atoms with van der Waals surface area (Å²) >= 11 is 0. The molecule has 0 bridgehead atoms. The summed E-state index contributed by atoms with van der Waals surface area (Å²) in [7, 11) is 0. The van der Waals surface area contributed by atoms with Crippen molar-refractivity contribution in [3.05, 3.63) is 29.3 Å². The summed E-state index contributed by atoms with van der Waals surface area (Å²) in [5.41, 5.74) is 2.17. The Morgan fingerprint density at radius 1 is 1.33 bits per heavy atom. The van der Waals surface area contributed by atoms with Crippen LogP contribution in [0.3, 0.4) is 0 Å². The minimum Gasteiger partial charge on any atom is -0.508 e. The standard InChI is InChI=1S/C13H21NO/c1-10(2)6-7-14-9-12-8-11(3)4-5-13(12)15/h4-5,8,10,14-15H,6-7,9H2,1-3H3. The Kier molecular flexibility index (Phi) is 4.63. The number of phenolic OH excluding ortho intramolecular Hbond substituents is 1. The number of aromatic hydroxyl groups is 1. The van der Waals surface area contributed by atoms with E-state index in [4.69, 9.17) is 0 Å². The number of benzene rings is 1. The van der Waals surface area contributed by atoms with Gasteiger partial charge < -0.3 is 10.4 Å². The molecular formula is C13H21NO. The molecule has 0 aliphatic rings. The Balaban J connectivity index is 2.40. The molecule has 0 aliphatic heterocycles. The van der Waals surface area contributed by atoms with Crippen LogP contribution in [0, 0.1) is 12.8 Å². The minimum absolute atomic E-state index is 0.387. The highest BCUT2D eigenvalue weighted by Crippen LogP contribution is 2.17. The molecule has 0 spiro atoms. The third kappa shape index (κ3) is 4.34. The van der Waals surface area contributed by atoms with Gasteiger partial charge in [-0.15, -0.1) is 0 Å². The molecule has 1 rings (SSSR count). The SMILES string of the molecule is Cc1ccc(O)c(CNCCC(C)C)c1. The van der Waals surface area contributed by atoms with Crippen LogP contribution in [0.1, 0.15) is 31.4 Å². The summed E-state index contributed by atoms with van der Waals surface area (Å²) in [6, 6.07) is 5.71. The summed E-state index contributed by atoms with van der Waals surface area (Å²) < 4.78 is 0. The van der Waals surface area contributed by atoms with Gasteiger partial charge >= 0.3 is 0 Å². The average Bonchev–Trinajstić information content (AvgIpc) is 2.17. The van der Waals surface area contributed by atoms with Crippen molar-refractivity contribution in [3.8, 4) is 5.75 Å². The molecule has 15 heavy (non-hydrogen) atoms. The van der Waals surface area contributed by atoms with Crippen LogP contribution in [0.25, 0.3) is 0 Å². The van der Waals surface area contributed by atoms with Crippen LogP contribution in [-0.2, 0) is 6.54 Å². The Bertz CT molecular complexity index is 307. The van der Waals surface area contributed by atoms with E-state index in [2.05, 4.69) is 19.2 Å². The van der Waals surface area contributed by atoms with E-state index in [0.29, 0.717) is 5.75 Å². The van der Waals surface area contributed by atoms with Gasteiger partial charge in [0, 0.05) is 12.1 Å². The second kappa shape index (κ2) is 5.76. The van der Waals surface area contributed by atoms with Gasteiger partial charge in [0.15, 0.2) is 0 Å². The lowest BCUT2D eigenvalue weighted by Crippen LogP contribution is -2.16. The number of aryl methyl sites for hydroxylation is 1. The first-order valence-corrected chi connectivity index (χ1v) is 5.59. The first-order chi connectivity index (χ1) is 7.09. The predicted molar refractivity (Wildman–Crippen MR) is 64.0 cm³/mol. The molecule has 0 atom stereocenters. The van der Waals surface area contributed by atoms with Crippen LogP contribution in [0.15, 0.2) is 18.2 Å². The number of nitrogens with one attached hydrogen (secondary N) is 1. The first-order valence-electron chi connectivity index (χ1n) is 5.59. The quantitative estimate of drug-likeness (QED) is 0.728. The maximum absolute atomic E-state index is 9.60. The zero-order valence-corrected chi connectivity index (χ0v) is 9.88. The lowest BCUT2D eigenvalue weighted by molar-refractivity contribution is 0.461. The van der Waals surface area contributed by atoms with Gasteiger partial charge in [-0.05, 0) is 31.9 Å². The third-order valence-corrected chi connectivity index (χ3v) is 2.45. The van der Waals surface area contributed by atoms with Crippen molar-refractivity contribution in [1.29, 1.82) is 0 Å². The molecule has 2 heteroatoms. The fourth-order valence-corrected chi connectivity index (χ4v) is 1.47. The molecule has 1 aromatic carbocycles. The molecule has 0 heterocycles. The maximum Gasteiger partial charge on any atom is 0.120 e. The van der Waals surface area contributed by atoms with E-state index in [9.17, 15) is 5.11 Å². The van der Waals surface area contributed by atoms with Crippen molar-refractivity contribution in [2.24, 2.45) is 5.92 Å². The van der Waals surface area contributed by atoms with E-state index in [1.165, 1.54) is 12.0 Å². The van der Waals surface area contributed by atoms with E-state index in [-0.39, 0.29) is 0 Å². The van der Waals surface area contributed by atoms with Crippen LogP contribution in [-0.4, -0.2) is 11.7 Å². The maximum atomic E-state index is 9.60. The number of hydrogen-bond acceptors (Lipinski definition) is 2. The molecule has 0 aliphatic carbocycles. The van der Waals surface area contributed by atoms with Crippen LogP contribution in [0.2, 0.25) is 0 Å². The van der Waals surface area contributed by atoms with Crippen LogP contribution >= 0.6 is 0 Å². The van der Waals surface area contributed by atoms with Gasteiger partial charge in [0.2, 0.25) is 0 Å². The monoisotopic (exact) mass is 207 g/mol. The first kappa shape index (κ1) is 12.1. The van der Waals surface area contributed by atoms with Crippen molar-refractivity contribution in [2.45, 2.75) is 33.7 Å². The van der Waals surface area contributed by atoms with E-state index < -0.39 is 0 Å². The highest BCUT2D eigenvalue weighted by molar-refractivity contribution is 5.35. The second-order valence-corrected chi connectivity index (χ2v) is 4.49. The van der Waals surface area contributed by atoms with Crippen molar-refractivity contribution in [2.75, 3.05) is 6.54 Å². The van der Waals surface area contributed by atoms with Crippen molar-refractivity contribution >= 4 is 0 Å². The largest absolute Gasteiger partial charge is 0.508 e. The Morgan fingerprint density at radius 3 is 2.73 bits per heavy atom. The van der Waals surface area contributed by atoms with Crippen molar-refractivity contribution in [1.82, 2.24) is 5.32 Å². The van der Waals surface area contributed by atoms with Gasteiger partial charge in [0.05, 0.1) is 0 Å². The highest BCUT2D eigenvalue weighted by Gasteiger charge is 2.00. The summed E-state index contributed by atoms with van der Waals surface area (Å²) in [4.78, 5) is 0. The molecule has 0 saturated carbocycles. The molecule has 0 fully saturated rings. The van der Waals surface area contributed by atoms with E-state index >= 15 is 0 Å². The van der Waals surface area contributed by atoms with Gasteiger partial charge in [-0.3, -0.25) is 0 Å². The normalized spacial score (nSPS) is 10.9. The van der Waals surface area contributed by atoms with Crippen LogP contribution < -0.4 is 5.32 Å². The average molecular weight is 207 g/mol. The zero-order chi connectivity index (χ0) is 11.3.